The topological polar surface area (TPSA) is 52.8 Å². The predicted octanol–water partition coefficient (Wildman–Crippen LogP) is 4.49. The number of halogens is 3. The van der Waals surface area contributed by atoms with Crippen LogP contribution in [0.25, 0.3) is 11.7 Å². The van der Waals surface area contributed by atoms with E-state index in [1.54, 1.807) is 22.7 Å². The first-order chi connectivity index (χ1) is 12.5. The Balaban J connectivity index is 1.87. The van der Waals surface area contributed by atoms with Crippen molar-refractivity contribution < 1.29 is 23.0 Å². The van der Waals surface area contributed by atoms with E-state index >= 15 is 0 Å². The van der Waals surface area contributed by atoms with E-state index in [0.29, 0.717) is 11.3 Å². The van der Waals surface area contributed by atoms with Crippen LogP contribution in [0.15, 0.2) is 48.7 Å². The fraction of sp³-hybridized carbons (Fsp3) is 0.111. The number of fused-ring (bicyclic) bond motifs is 1. The zero-order valence-corrected chi connectivity index (χ0v) is 14.3. The molecule has 0 amide bonds. The van der Waals surface area contributed by atoms with E-state index in [-0.39, 0.29) is 28.0 Å². The monoisotopic (exact) mass is 378 g/mol. The summed E-state index contributed by atoms with van der Waals surface area (Å²) in [6, 6.07) is 9.40. The molecule has 0 saturated carbocycles. The van der Waals surface area contributed by atoms with E-state index < -0.39 is 6.61 Å². The number of imidazole rings is 1. The molecule has 3 rings (SSSR count). The molecule has 0 radical (unpaired) electrons. The van der Waals surface area contributed by atoms with Crippen molar-refractivity contribution in [3.8, 4) is 11.5 Å². The second-order valence-electron chi connectivity index (χ2n) is 5.16. The minimum absolute atomic E-state index is 0.0392. The second kappa shape index (κ2) is 7.53. The van der Waals surface area contributed by atoms with Gasteiger partial charge in [-0.25, -0.2) is 4.98 Å². The standard InChI is InChI=1S/C18H13ClF2N2O3/c1-25-15-10-11(5-8-14(15)26-18(20)21)13(24)7-6-12-17(19)22-16-4-2-3-9-23(12)16/h2-10,18H,1H3/b7-6+. The van der Waals surface area contributed by atoms with Crippen molar-refractivity contribution in [2.45, 2.75) is 6.61 Å². The number of rotatable bonds is 6. The number of aromatic nitrogens is 2. The molecular weight excluding hydrogens is 366 g/mol. The molecule has 2 aromatic heterocycles. The van der Waals surface area contributed by atoms with Crippen LogP contribution < -0.4 is 9.47 Å². The molecule has 134 valence electrons. The highest BCUT2D eigenvalue weighted by Gasteiger charge is 2.13. The number of ketones is 1. The number of carbonyl (C=O) groups excluding carboxylic acids is 1. The molecule has 0 unspecified atom stereocenters. The summed E-state index contributed by atoms with van der Waals surface area (Å²) >= 11 is 6.11. The van der Waals surface area contributed by atoms with E-state index in [1.165, 1.54) is 31.4 Å². The van der Waals surface area contributed by atoms with Crippen molar-refractivity contribution in [3.63, 3.8) is 0 Å². The second-order valence-corrected chi connectivity index (χ2v) is 5.52. The lowest BCUT2D eigenvalue weighted by Gasteiger charge is -2.10. The van der Waals surface area contributed by atoms with Gasteiger partial charge in [-0.2, -0.15) is 8.78 Å². The summed E-state index contributed by atoms with van der Waals surface area (Å²) in [6.45, 7) is -2.98. The highest BCUT2D eigenvalue weighted by Crippen LogP contribution is 2.30. The molecule has 8 heteroatoms. The number of pyridine rings is 1. The third-order valence-electron chi connectivity index (χ3n) is 3.58. The van der Waals surface area contributed by atoms with Crippen molar-refractivity contribution in [1.82, 2.24) is 9.38 Å². The Kier molecular flexibility index (Phi) is 5.18. The Morgan fingerprint density at radius 2 is 2.08 bits per heavy atom. The van der Waals surface area contributed by atoms with Gasteiger partial charge in [0.05, 0.1) is 12.8 Å². The first-order valence-electron chi connectivity index (χ1n) is 7.47. The Bertz CT molecular complexity index is 986. The molecule has 0 saturated heterocycles. The van der Waals surface area contributed by atoms with Gasteiger partial charge in [-0.15, -0.1) is 0 Å². The van der Waals surface area contributed by atoms with Gasteiger partial charge in [0.25, 0.3) is 0 Å². The number of hydrogen-bond donors (Lipinski definition) is 0. The van der Waals surface area contributed by atoms with Gasteiger partial charge in [0, 0.05) is 11.8 Å². The lowest BCUT2D eigenvalue weighted by atomic mass is 10.1. The minimum Gasteiger partial charge on any atom is -0.493 e. The highest BCUT2D eigenvalue weighted by molar-refractivity contribution is 6.31. The summed E-state index contributed by atoms with van der Waals surface area (Å²) < 4.78 is 35.8. The maximum Gasteiger partial charge on any atom is 0.387 e. The zero-order valence-electron chi connectivity index (χ0n) is 13.5. The third kappa shape index (κ3) is 3.67. The normalized spacial score (nSPS) is 11.4. The summed E-state index contributed by atoms with van der Waals surface area (Å²) in [4.78, 5) is 16.6. The first-order valence-corrected chi connectivity index (χ1v) is 7.85. The molecule has 0 spiro atoms. The van der Waals surface area contributed by atoms with Gasteiger partial charge in [0.15, 0.2) is 22.4 Å². The van der Waals surface area contributed by atoms with Crippen LogP contribution in [0.4, 0.5) is 8.78 Å². The van der Waals surface area contributed by atoms with E-state index in [2.05, 4.69) is 9.72 Å². The molecule has 0 aliphatic rings. The summed E-state index contributed by atoms with van der Waals surface area (Å²) in [5, 5.41) is 0.263. The van der Waals surface area contributed by atoms with Crippen molar-refractivity contribution in [1.29, 1.82) is 0 Å². The molecule has 1 aromatic carbocycles. The van der Waals surface area contributed by atoms with Gasteiger partial charge in [-0.1, -0.05) is 17.7 Å². The van der Waals surface area contributed by atoms with Gasteiger partial charge < -0.3 is 9.47 Å². The van der Waals surface area contributed by atoms with Crippen molar-refractivity contribution in [2.75, 3.05) is 7.11 Å². The van der Waals surface area contributed by atoms with E-state index in [0.717, 1.165) is 0 Å². The fourth-order valence-electron chi connectivity index (χ4n) is 2.40. The number of benzene rings is 1. The van der Waals surface area contributed by atoms with E-state index in [9.17, 15) is 13.6 Å². The van der Waals surface area contributed by atoms with Gasteiger partial charge in [0.2, 0.25) is 0 Å². The first kappa shape index (κ1) is 17.9. The molecule has 5 nitrogen and oxygen atoms in total. The summed E-state index contributed by atoms with van der Waals surface area (Å²) in [7, 11) is 1.30. The average molecular weight is 379 g/mol. The van der Waals surface area contributed by atoms with Gasteiger partial charge in [-0.05, 0) is 42.5 Å². The Hall–Kier alpha value is -2.93. The summed E-state index contributed by atoms with van der Waals surface area (Å²) in [5.74, 6) is -0.459. The smallest absolute Gasteiger partial charge is 0.387 e. The minimum atomic E-state index is -2.98. The molecular formula is C18H13ClF2N2O3. The number of carbonyl (C=O) groups is 1. The molecule has 2 heterocycles. The molecule has 0 aliphatic heterocycles. The number of methoxy groups -OCH3 is 1. The van der Waals surface area contributed by atoms with Crippen molar-refractivity contribution in [3.05, 3.63) is 65.1 Å². The molecule has 3 aromatic rings. The van der Waals surface area contributed by atoms with Crippen LogP contribution in [0.3, 0.4) is 0 Å². The lowest BCUT2D eigenvalue weighted by molar-refractivity contribution is -0.0512. The van der Waals surface area contributed by atoms with Crippen LogP contribution in [0.5, 0.6) is 11.5 Å². The zero-order chi connectivity index (χ0) is 18.7. The molecule has 0 atom stereocenters. The quantitative estimate of drug-likeness (QED) is 0.468. The molecule has 0 N–H and O–H groups in total. The maximum absolute atomic E-state index is 12.4. The van der Waals surface area contributed by atoms with Gasteiger partial charge >= 0.3 is 6.61 Å². The number of alkyl halides is 2. The van der Waals surface area contributed by atoms with Crippen LogP contribution >= 0.6 is 11.6 Å². The Morgan fingerprint density at radius 1 is 1.27 bits per heavy atom. The molecule has 0 bridgehead atoms. The fourth-order valence-corrected chi connectivity index (χ4v) is 2.64. The number of hydrogen-bond acceptors (Lipinski definition) is 4. The Labute approximate surface area is 152 Å². The molecule has 0 fully saturated rings. The van der Waals surface area contributed by atoms with Gasteiger partial charge in [-0.3, -0.25) is 9.20 Å². The number of allylic oxidation sites excluding steroid dienone is 1. The largest absolute Gasteiger partial charge is 0.493 e. The highest BCUT2D eigenvalue weighted by atomic mass is 35.5. The molecule has 0 aliphatic carbocycles. The van der Waals surface area contributed by atoms with Gasteiger partial charge in [0.1, 0.15) is 5.65 Å². The third-order valence-corrected chi connectivity index (χ3v) is 3.86. The maximum atomic E-state index is 12.4. The lowest BCUT2D eigenvalue weighted by Crippen LogP contribution is -2.04. The number of ether oxygens (including phenoxy) is 2. The van der Waals surface area contributed by atoms with Crippen molar-refractivity contribution >= 4 is 29.1 Å². The predicted molar refractivity (Wildman–Crippen MR) is 93.2 cm³/mol. The van der Waals surface area contributed by atoms with Crippen LogP contribution in [0.2, 0.25) is 5.15 Å². The molecule has 26 heavy (non-hydrogen) atoms. The van der Waals surface area contributed by atoms with E-state index in [4.69, 9.17) is 16.3 Å². The van der Waals surface area contributed by atoms with Crippen LogP contribution in [0.1, 0.15) is 16.1 Å². The van der Waals surface area contributed by atoms with Crippen LogP contribution in [0, 0.1) is 0 Å². The van der Waals surface area contributed by atoms with Crippen LogP contribution in [-0.4, -0.2) is 28.9 Å². The van der Waals surface area contributed by atoms with Crippen molar-refractivity contribution in [2.24, 2.45) is 0 Å². The summed E-state index contributed by atoms with van der Waals surface area (Å²) in [6.07, 6.45) is 4.64. The Morgan fingerprint density at radius 3 is 2.81 bits per heavy atom. The SMILES string of the molecule is COc1cc(C(=O)/C=C/c2c(Cl)nc3ccccn23)ccc1OC(F)F. The van der Waals surface area contributed by atoms with E-state index in [1.807, 2.05) is 12.1 Å². The number of nitrogens with zero attached hydrogens (tertiary/aromatic N) is 2. The van der Waals surface area contributed by atoms with Crippen LogP contribution in [-0.2, 0) is 0 Å². The summed E-state index contributed by atoms with van der Waals surface area (Å²) in [5.41, 5.74) is 1.46. The average Bonchev–Trinajstić information content (AvgIpc) is 2.94.